The second kappa shape index (κ2) is 7.47. The van der Waals surface area contributed by atoms with Crippen LogP contribution in [-0.4, -0.2) is 22.0 Å². The van der Waals surface area contributed by atoms with Gasteiger partial charge in [-0.1, -0.05) is 18.2 Å². The monoisotopic (exact) mass is 351 g/mol. The van der Waals surface area contributed by atoms with Crippen molar-refractivity contribution < 1.29 is 9.66 Å². The number of benzene rings is 2. The van der Waals surface area contributed by atoms with Crippen molar-refractivity contribution >= 4 is 28.7 Å². The minimum atomic E-state index is -0.507. The van der Waals surface area contributed by atoms with Crippen LogP contribution >= 0.6 is 0 Å². The van der Waals surface area contributed by atoms with Crippen molar-refractivity contribution in [3.05, 3.63) is 70.5 Å². The van der Waals surface area contributed by atoms with Crippen molar-refractivity contribution in [1.29, 1.82) is 0 Å². The molecule has 132 valence electrons. The maximum atomic E-state index is 11.6. The zero-order valence-electron chi connectivity index (χ0n) is 14.3. The summed E-state index contributed by atoms with van der Waals surface area (Å²) in [5.41, 5.74) is 2.11. The fourth-order valence-corrected chi connectivity index (χ4v) is 2.39. The van der Waals surface area contributed by atoms with E-state index in [2.05, 4.69) is 20.6 Å². The number of hydrogen-bond donors (Lipinski definition) is 2. The number of hydrogen-bond acceptors (Lipinski definition) is 7. The van der Waals surface area contributed by atoms with Gasteiger partial charge in [-0.3, -0.25) is 10.1 Å². The normalized spacial score (nSPS) is 10.2. The van der Waals surface area contributed by atoms with Crippen molar-refractivity contribution in [2.45, 2.75) is 6.92 Å². The van der Waals surface area contributed by atoms with E-state index in [1.807, 2.05) is 31.2 Å². The quantitative estimate of drug-likeness (QED) is 0.507. The lowest BCUT2D eigenvalue weighted by atomic mass is 10.2. The van der Waals surface area contributed by atoms with Gasteiger partial charge in [0.25, 0.3) is 0 Å². The number of nitro groups is 1. The Morgan fingerprint density at radius 1 is 1.00 bits per heavy atom. The highest BCUT2D eigenvalue weighted by molar-refractivity contribution is 5.77. The first kappa shape index (κ1) is 17.2. The molecule has 3 rings (SSSR count). The van der Waals surface area contributed by atoms with Gasteiger partial charge in [-0.25, -0.2) is 9.97 Å². The summed E-state index contributed by atoms with van der Waals surface area (Å²) in [4.78, 5) is 19.2. The zero-order valence-corrected chi connectivity index (χ0v) is 14.3. The second-order valence-electron chi connectivity index (χ2n) is 5.47. The highest BCUT2D eigenvalue weighted by Gasteiger charge is 2.23. The van der Waals surface area contributed by atoms with Crippen LogP contribution in [0.1, 0.15) is 5.56 Å². The number of nitrogens with zero attached hydrogens (tertiary/aromatic N) is 3. The molecule has 3 aromatic rings. The molecule has 0 atom stereocenters. The average Bonchev–Trinajstić information content (AvgIpc) is 2.64. The largest absolute Gasteiger partial charge is 0.497 e. The summed E-state index contributed by atoms with van der Waals surface area (Å²) in [5.74, 6) is 0.913. The van der Waals surface area contributed by atoms with Gasteiger partial charge in [0.1, 0.15) is 12.1 Å². The van der Waals surface area contributed by atoms with Crippen LogP contribution < -0.4 is 15.4 Å². The van der Waals surface area contributed by atoms with E-state index in [4.69, 9.17) is 4.74 Å². The van der Waals surface area contributed by atoms with Gasteiger partial charge in [0, 0.05) is 11.4 Å². The molecule has 1 aromatic heterocycles. The van der Waals surface area contributed by atoms with Crippen LogP contribution in [0.3, 0.4) is 0 Å². The summed E-state index contributed by atoms with van der Waals surface area (Å²) < 4.78 is 5.11. The maximum absolute atomic E-state index is 11.6. The highest BCUT2D eigenvalue weighted by atomic mass is 16.6. The third kappa shape index (κ3) is 3.69. The molecule has 2 aromatic carbocycles. The van der Waals surface area contributed by atoms with Crippen molar-refractivity contribution in [3.63, 3.8) is 0 Å². The predicted octanol–water partition coefficient (Wildman–Crippen LogP) is 4.19. The first-order valence-corrected chi connectivity index (χ1v) is 7.81. The first-order valence-electron chi connectivity index (χ1n) is 7.81. The van der Waals surface area contributed by atoms with E-state index in [-0.39, 0.29) is 17.3 Å². The van der Waals surface area contributed by atoms with E-state index in [0.29, 0.717) is 11.4 Å². The SMILES string of the molecule is COc1ccc(Nc2ncnc(Nc3ccccc3C)c2[N+](=O)[O-])cc1. The van der Waals surface area contributed by atoms with Gasteiger partial charge in [0.15, 0.2) is 0 Å². The van der Waals surface area contributed by atoms with Gasteiger partial charge in [0.2, 0.25) is 11.6 Å². The number of aryl methyl sites for hydroxylation is 1. The van der Waals surface area contributed by atoms with Gasteiger partial charge >= 0.3 is 5.69 Å². The number of para-hydroxylation sites is 1. The molecule has 0 unspecified atom stereocenters. The molecule has 1 heterocycles. The lowest BCUT2D eigenvalue weighted by Gasteiger charge is -2.11. The Bertz CT molecular complexity index is 928. The predicted molar refractivity (Wildman–Crippen MR) is 99.4 cm³/mol. The highest BCUT2D eigenvalue weighted by Crippen LogP contribution is 2.33. The van der Waals surface area contributed by atoms with Crippen LogP contribution in [0.2, 0.25) is 0 Å². The molecule has 0 fully saturated rings. The van der Waals surface area contributed by atoms with E-state index in [0.717, 1.165) is 11.3 Å². The Balaban J connectivity index is 1.95. The van der Waals surface area contributed by atoms with E-state index in [1.54, 1.807) is 31.4 Å². The Hall–Kier alpha value is -3.68. The Labute approximate surface area is 150 Å². The molecule has 8 nitrogen and oxygen atoms in total. The van der Waals surface area contributed by atoms with Crippen molar-refractivity contribution in [2.75, 3.05) is 17.7 Å². The molecular formula is C18H17N5O3. The van der Waals surface area contributed by atoms with E-state index in [9.17, 15) is 10.1 Å². The first-order chi connectivity index (χ1) is 12.6. The van der Waals surface area contributed by atoms with Crippen molar-refractivity contribution in [2.24, 2.45) is 0 Å². The van der Waals surface area contributed by atoms with Gasteiger partial charge in [-0.05, 0) is 42.8 Å². The summed E-state index contributed by atoms with van der Waals surface area (Å²) in [7, 11) is 1.57. The zero-order chi connectivity index (χ0) is 18.5. The molecule has 0 amide bonds. The van der Waals surface area contributed by atoms with Crippen LogP contribution in [0.15, 0.2) is 54.9 Å². The van der Waals surface area contributed by atoms with Gasteiger partial charge in [0.05, 0.1) is 12.0 Å². The molecule has 0 aliphatic carbocycles. The van der Waals surface area contributed by atoms with E-state index >= 15 is 0 Å². The molecule has 0 aliphatic rings. The van der Waals surface area contributed by atoms with Crippen molar-refractivity contribution in [3.8, 4) is 5.75 Å². The number of rotatable bonds is 6. The third-order valence-corrected chi connectivity index (χ3v) is 3.76. The molecule has 26 heavy (non-hydrogen) atoms. The van der Waals surface area contributed by atoms with Crippen LogP contribution in [0.25, 0.3) is 0 Å². The molecule has 0 saturated heterocycles. The average molecular weight is 351 g/mol. The summed E-state index contributed by atoms with van der Waals surface area (Å²) in [5, 5.41) is 17.6. The van der Waals surface area contributed by atoms with Crippen LogP contribution in [0.5, 0.6) is 5.75 Å². The van der Waals surface area contributed by atoms with Crippen molar-refractivity contribution in [1.82, 2.24) is 9.97 Å². The van der Waals surface area contributed by atoms with Gasteiger partial charge < -0.3 is 15.4 Å². The molecule has 0 aliphatic heterocycles. The lowest BCUT2D eigenvalue weighted by molar-refractivity contribution is -0.383. The summed E-state index contributed by atoms with van der Waals surface area (Å²) in [6.45, 7) is 1.91. The Morgan fingerprint density at radius 2 is 1.65 bits per heavy atom. The molecule has 2 N–H and O–H groups in total. The van der Waals surface area contributed by atoms with E-state index < -0.39 is 4.92 Å². The summed E-state index contributed by atoms with van der Waals surface area (Å²) in [6.07, 6.45) is 1.28. The standard InChI is InChI=1S/C18H17N5O3/c1-12-5-3-4-6-15(12)22-18-16(23(24)25)17(19-11-20-18)21-13-7-9-14(26-2)10-8-13/h3-11H,1-2H3,(H2,19,20,21,22). The number of nitrogens with one attached hydrogen (secondary N) is 2. The molecule has 0 saturated carbocycles. The minimum absolute atomic E-state index is 0.103. The maximum Gasteiger partial charge on any atom is 0.353 e. The summed E-state index contributed by atoms with van der Waals surface area (Å²) in [6, 6.07) is 14.5. The third-order valence-electron chi connectivity index (χ3n) is 3.76. The smallest absolute Gasteiger partial charge is 0.353 e. The van der Waals surface area contributed by atoms with E-state index in [1.165, 1.54) is 6.33 Å². The molecular weight excluding hydrogens is 334 g/mol. The van der Waals surface area contributed by atoms with Gasteiger partial charge in [-0.15, -0.1) is 0 Å². The minimum Gasteiger partial charge on any atom is -0.497 e. The topological polar surface area (TPSA) is 102 Å². The van der Waals surface area contributed by atoms with Gasteiger partial charge in [-0.2, -0.15) is 0 Å². The van der Waals surface area contributed by atoms with Crippen LogP contribution in [0, 0.1) is 17.0 Å². The fourth-order valence-electron chi connectivity index (χ4n) is 2.39. The number of aromatic nitrogens is 2. The number of anilines is 4. The van der Waals surface area contributed by atoms with Crippen LogP contribution in [0.4, 0.5) is 28.7 Å². The molecule has 0 radical (unpaired) electrons. The number of methoxy groups -OCH3 is 1. The second-order valence-corrected chi connectivity index (χ2v) is 5.47. The summed E-state index contributed by atoms with van der Waals surface area (Å²) >= 11 is 0. The molecule has 0 spiro atoms. The molecule has 8 heteroatoms. The molecule has 0 bridgehead atoms. The Morgan fingerprint density at radius 3 is 2.27 bits per heavy atom. The number of ether oxygens (including phenoxy) is 1. The fraction of sp³-hybridized carbons (Fsp3) is 0.111. The Kier molecular flexibility index (Phi) is 4.93. The lowest BCUT2D eigenvalue weighted by Crippen LogP contribution is -2.06. The van der Waals surface area contributed by atoms with Crippen LogP contribution in [-0.2, 0) is 0 Å².